The van der Waals surface area contributed by atoms with Crippen LogP contribution in [0.25, 0.3) is 0 Å². The number of hydrogen-bond acceptors (Lipinski definition) is 5. The largest absolute Gasteiger partial charge is 0.490 e. The molecule has 2 aromatic carbocycles. The lowest BCUT2D eigenvalue weighted by atomic mass is 10.2. The average Bonchev–Trinajstić information content (AvgIpc) is 3.51. The van der Waals surface area contributed by atoms with Gasteiger partial charge in [0.05, 0.1) is 13.2 Å². The zero-order chi connectivity index (χ0) is 17.2. The summed E-state index contributed by atoms with van der Waals surface area (Å²) >= 11 is 1.75. The number of benzene rings is 2. The normalized spacial score (nSPS) is 21.0. The third kappa shape index (κ3) is 4.29. The predicted octanol–water partition coefficient (Wildman–Crippen LogP) is 4.01. The number of hydrogen-bond donors (Lipinski definition) is 0. The molecule has 2 aliphatic rings. The number of ether oxygens (including phenoxy) is 4. The SMILES string of the molecule is Cc1c(OCC2CO2)cccc1Sc1cccc(OCC2CO2)c1C. The van der Waals surface area contributed by atoms with Crippen LogP contribution in [-0.2, 0) is 9.47 Å². The van der Waals surface area contributed by atoms with Crippen LogP contribution in [-0.4, -0.2) is 38.6 Å². The Morgan fingerprint density at radius 1 is 0.840 bits per heavy atom. The van der Waals surface area contributed by atoms with Gasteiger partial charge in [-0.3, -0.25) is 0 Å². The van der Waals surface area contributed by atoms with Crippen LogP contribution in [0.15, 0.2) is 46.2 Å². The summed E-state index contributed by atoms with van der Waals surface area (Å²) in [5.41, 5.74) is 2.32. The van der Waals surface area contributed by atoms with Gasteiger partial charge in [-0.05, 0) is 38.1 Å². The van der Waals surface area contributed by atoms with Gasteiger partial charge in [-0.15, -0.1) is 0 Å². The summed E-state index contributed by atoms with van der Waals surface area (Å²) in [6.07, 6.45) is 0.532. The van der Waals surface area contributed by atoms with Crippen molar-refractivity contribution in [1.29, 1.82) is 0 Å². The molecule has 0 N–H and O–H groups in total. The lowest BCUT2D eigenvalue weighted by Gasteiger charge is -2.14. The molecule has 2 aliphatic heterocycles. The summed E-state index contributed by atoms with van der Waals surface area (Å²) < 4.78 is 22.2. The van der Waals surface area contributed by atoms with Crippen LogP contribution in [0.4, 0.5) is 0 Å². The van der Waals surface area contributed by atoms with E-state index in [2.05, 4.69) is 26.0 Å². The first-order valence-corrected chi connectivity index (χ1v) is 9.38. The lowest BCUT2D eigenvalue weighted by Crippen LogP contribution is -2.05. The Kier molecular flexibility index (Phi) is 4.88. The van der Waals surface area contributed by atoms with Crippen LogP contribution in [0, 0.1) is 13.8 Å². The molecule has 0 spiro atoms. The second-order valence-electron chi connectivity index (χ2n) is 6.39. The van der Waals surface area contributed by atoms with E-state index >= 15 is 0 Å². The molecule has 2 heterocycles. The van der Waals surface area contributed by atoms with E-state index in [1.165, 1.54) is 9.79 Å². The number of rotatable bonds is 8. The summed E-state index contributed by atoms with van der Waals surface area (Å²) in [6, 6.07) is 12.4. The Bertz CT molecular complexity index is 690. The molecule has 0 bridgehead atoms. The first kappa shape index (κ1) is 16.8. The second kappa shape index (κ2) is 7.28. The van der Waals surface area contributed by atoms with Crippen molar-refractivity contribution in [2.75, 3.05) is 26.4 Å². The number of epoxide rings is 2. The third-order valence-corrected chi connectivity index (χ3v) is 5.67. The fourth-order valence-corrected chi connectivity index (χ4v) is 3.57. The van der Waals surface area contributed by atoms with Crippen LogP contribution in [0.1, 0.15) is 11.1 Å². The Morgan fingerprint density at radius 3 is 1.68 bits per heavy atom. The van der Waals surface area contributed by atoms with Crippen molar-refractivity contribution in [2.45, 2.75) is 35.8 Å². The Morgan fingerprint density at radius 2 is 1.28 bits per heavy atom. The zero-order valence-electron chi connectivity index (χ0n) is 14.5. The maximum absolute atomic E-state index is 5.89. The highest BCUT2D eigenvalue weighted by Gasteiger charge is 2.24. The van der Waals surface area contributed by atoms with Gasteiger partial charge >= 0.3 is 0 Å². The molecule has 4 nitrogen and oxygen atoms in total. The first-order valence-electron chi connectivity index (χ1n) is 8.56. The smallest absolute Gasteiger partial charge is 0.123 e. The van der Waals surface area contributed by atoms with Gasteiger partial charge in [0.25, 0.3) is 0 Å². The van der Waals surface area contributed by atoms with Crippen LogP contribution in [0.3, 0.4) is 0 Å². The molecule has 0 amide bonds. The summed E-state index contributed by atoms with van der Waals surface area (Å²) in [4.78, 5) is 2.39. The minimum Gasteiger partial charge on any atom is -0.490 e. The fourth-order valence-electron chi connectivity index (χ4n) is 2.53. The standard InChI is InChI=1S/C20H22O4S/c1-13-17(23-11-15-9-21-15)5-3-7-19(13)25-20-8-4-6-18(14(20)2)24-12-16-10-22-16/h3-8,15-16H,9-12H2,1-2H3. The molecule has 0 aromatic heterocycles. The van der Waals surface area contributed by atoms with Crippen LogP contribution in [0.5, 0.6) is 11.5 Å². The van der Waals surface area contributed by atoms with Crippen molar-refractivity contribution in [2.24, 2.45) is 0 Å². The second-order valence-corrected chi connectivity index (χ2v) is 7.48. The summed E-state index contributed by atoms with van der Waals surface area (Å²) in [5, 5.41) is 0. The Balaban J connectivity index is 1.48. The van der Waals surface area contributed by atoms with Gasteiger partial charge in [0.2, 0.25) is 0 Å². The molecule has 0 aliphatic carbocycles. The highest BCUT2D eigenvalue weighted by atomic mass is 32.2. The van der Waals surface area contributed by atoms with Gasteiger partial charge < -0.3 is 18.9 Å². The molecule has 2 fully saturated rings. The van der Waals surface area contributed by atoms with Crippen LogP contribution >= 0.6 is 11.8 Å². The quantitative estimate of drug-likeness (QED) is 0.667. The molecule has 5 heteroatoms. The molecule has 0 saturated carbocycles. The average molecular weight is 358 g/mol. The van der Waals surface area contributed by atoms with Crippen LogP contribution < -0.4 is 9.47 Å². The van der Waals surface area contributed by atoms with Crippen LogP contribution in [0.2, 0.25) is 0 Å². The fraction of sp³-hybridized carbons (Fsp3) is 0.400. The van der Waals surface area contributed by atoms with E-state index in [0.29, 0.717) is 13.2 Å². The van der Waals surface area contributed by atoms with Gasteiger partial charge in [-0.25, -0.2) is 0 Å². The highest BCUT2D eigenvalue weighted by molar-refractivity contribution is 7.99. The molecule has 0 radical (unpaired) electrons. The van der Waals surface area contributed by atoms with E-state index in [0.717, 1.165) is 35.8 Å². The van der Waals surface area contributed by atoms with E-state index in [-0.39, 0.29) is 12.2 Å². The molecular formula is C20H22O4S. The molecule has 2 unspecified atom stereocenters. The van der Waals surface area contributed by atoms with Gasteiger partial charge in [0.1, 0.15) is 36.9 Å². The van der Waals surface area contributed by atoms with E-state index < -0.39 is 0 Å². The molecule has 2 aromatic rings. The topological polar surface area (TPSA) is 43.5 Å². The van der Waals surface area contributed by atoms with E-state index in [1.807, 2.05) is 24.3 Å². The Hall–Kier alpha value is -1.69. The molecule has 2 atom stereocenters. The van der Waals surface area contributed by atoms with Crippen molar-refractivity contribution in [1.82, 2.24) is 0 Å². The molecule has 2 saturated heterocycles. The van der Waals surface area contributed by atoms with E-state index in [4.69, 9.17) is 18.9 Å². The molecular weight excluding hydrogens is 336 g/mol. The van der Waals surface area contributed by atoms with E-state index in [1.54, 1.807) is 11.8 Å². The lowest BCUT2D eigenvalue weighted by molar-refractivity contribution is 0.261. The van der Waals surface area contributed by atoms with Gasteiger partial charge in [-0.2, -0.15) is 0 Å². The third-order valence-electron chi connectivity index (χ3n) is 4.34. The first-order chi connectivity index (χ1) is 12.2. The van der Waals surface area contributed by atoms with E-state index in [9.17, 15) is 0 Å². The van der Waals surface area contributed by atoms with Crippen molar-refractivity contribution < 1.29 is 18.9 Å². The van der Waals surface area contributed by atoms with Crippen molar-refractivity contribution in [3.63, 3.8) is 0 Å². The summed E-state index contributed by atoms with van der Waals surface area (Å²) in [6.45, 7) is 7.08. The molecule has 25 heavy (non-hydrogen) atoms. The monoisotopic (exact) mass is 358 g/mol. The Labute approximate surface area is 152 Å². The van der Waals surface area contributed by atoms with Gasteiger partial charge in [0, 0.05) is 20.9 Å². The predicted molar refractivity (Wildman–Crippen MR) is 97.0 cm³/mol. The van der Waals surface area contributed by atoms with Crippen molar-refractivity contribution in [3.05, 3.63) is 47.5 Å². The molecule has 4 rings (SSSR count). The minimum atomic E-state index is 0.266. The van der Waals surface area contributed by atoms with Crippen molar-refractivity contribution >= 4 is 11.8 Å². The van der Waals surface area contributed by atoms with Gasteiger partial charge in [-0.1, -0.05) is 23.9 Å². The van der Waals surface area contributed by atoms with Gasteiger partial charge in [0.15, 0.2) is 0 Å². The summed E-state index contributed by atoms with van der Waals surface area (Å²) in [5.74, 6) is 1.85. The van der Waals surface area contributed by atoms with Crippen molar-refractivity contribution in [3.8, 4) is 11.5 Å². The zero-order valence-corrected chi connectivity index (χ0v) is 15.3. The summed E-state index contributed by atoms with van der Waals surface area (Å²) in [7, 11) is 0. The highest BCUT2D eigenvalue weighted by Crippen LogP contribution is 2.38. The maximum atomic E-state index is 5.89. The maximum Gasteiger partial charge on any atom is 0.123 e. The molecule has 132 valence electrons. The minimum absolute atomic E-state index is 0.266.